The van der Waals surface area contributed by atoms with E-state index in [0.29, 0.717) is 13.0 Å². The van der Waals surface area contributed by atoms with Gasteiger partial charge >= 0.3 is 0 Å². The number of aliphatic hydroxyl groups is 1. The predicted octanol–water partition coefficient (Wildman–Crippen LogP) is 0.130. The Balaban J connectivity index is 2.14. The Morgan fingerprint density at radius 1 is 1.67 bits per heavy atom. The summed E-state index contributed by atoms with van der Waals surface area (Å²) in [6.07, 6.45) is 0.719. The lowest BCUT2D eigenvalue weighted by atomic mass is 10.3. The first-order valence-corrected chi connectivity index (χ1v) is 3.21. The van der Waals surface area contributed by atoms with E-state index in [1.165, 1.54) is 0 Å². The summed E-state index contributed by atoms with van der Waals surface area (Å²) >= 11 is 0. The van der Waals surface area contributed by atoms with Crippen LogP contribution < -0.4 is 0 Å². The highest BCUT2D eigenvalue weighted by Gasteiger charge is 2.20. The molecule has 1 aliphatic heterocycles. The minimum Gasteiger partial charge on any atom is -0.396 e. The highest BCUT2D eigenvalue weighted by Crippen LogP contribution is 2.12. The van der Waals surface area contributed by atoms with E-state index in [2.05, 4.69) is 0 Å². The maximum Gasteiger partial charge on any atom is 0.155 e. The minimum absolute atomic E-state index is 0.0819. The van der Waals surface area contributed by atoms with Crippen molar-refractivity contribution in [2.24, 2.45) is 0 Å². The lowest BCUT2D eigenvalue weighted by Gasteiger charge is -2.04. The zero-order chi connectivity index (χ0) is 6.69. The molecule has 1 N–H and O–H groups in total. The van der Waals surface area contributed by atoms with Gasteiger partial charge in [0.2, 0.25) is 0 Å². The standard InChI is InChI=1S/C6H12O3/c1-5-8-4-6(9-5)2-3-7/h5-7H,2-4H2,1H3. The summed E-state index contributed by atoms with van der Waals surface area (Å²) in [5, 5.41) is 8.48. The van der Waals surface area contributed by atoms with Crippen molar-refractivity contribution in [2.45, 2.75) is 25.7 Å². The van der Waals surface area contributed by atoms with E-state index in [4.69, 9.17) is 14.6 Å². The van der Waals surface area contributed by atoms with Gasteiger partial charge in [0.05, 0.1) is 12.7 Å². The molecule has 0 bridgehead atoms. The molecule has 3 heteroatoms. The maximum atomic E-state index is 8.48. The van der Waals surface area contributed by atoms with Crippen molar-refractivity contribution in [3.05, 3.63) is 0 Å². The van der Waals surface area contributed by atoms with Crippen LogP contribution in [0.15, 0.2) is 0 Å². The molecule has 0 aliphatic carbocycles. The van der Waals surface area contributed by atoms with Crippen LogP contribution in [0.5, 0.6) is 0 Å². The monoisotopic (exact) mass is 132 g/mol. The molecule has 2 unspecified atom stereocenters. The molecule has 1 heterocycles. The predicted molar refractivity (Wildman–Crippen MR) is 32.0 cm³/mol. The highest BCUT2D eigenvalue weighted by molar-refractivity contribution is 4.61. The molecule has 0 aromatic heterocycles. The van der Waals surface area contributed by atoms with Gasteiger partial charge in [-0.3, -0.25) is 0 Å². The average Bonchev–Trinajstić information content (AvgIpc) is 2.17. The van der Waals surface area contributed by atoms with E-state index in [9.17, 15) is 0 Å². The summed E-state index contributed by atoms with van der Waals surface area (Å²) in [4.78, 5) is 0. The van der Waals surface area contributed by atoms with Crippen LogP contribution in [0.25, 0.3) is 0 Å². The van der Waals surface area contributed by atoms with E-state index in [0.717, 1.165) is 0 Å². The molecule has 9 heavy (non-hydrogen) atoms. The van der Waals surface area contributed by atoms with Crippen molar-refractivity contribution >= 4 is 0 Å². The van der Waals surface area contributed by atoms with Crippen LogP contribution in [0.4, 0.5) is 0 Å². The number of hydrogen-bond donors (Lipinski definition) is 1. The number of aliphatic hydroxyl groups excluding tert-OH is 1. The fourth-order valence-electron chi connectivity index (χ4n) is 0.888. The summed E-state index contributed by atoms with van der Waals surface area (Å²) in [5.41, 5.74) is 0. The fraction of sp³-hybridized carbons (Fsp3) is 1.00. The first-order chi connectivity index (χ1) is 4.33. The molecule has 3 nitrogen and oxygen atoms in total. The molecule has 2 atom stereocenters. The quantitative estimate of drug-likeness (QED) is 0.580. The lowest BCUT2D eigenvalue weighted by molar-refractivity contribution is -0.0450. The van der Waals surface area contributed by atoms with E-state index in [1.54, 1.807) is 0 Å². The third kappa shape index (κ3) is 1.93. The molecule has 1 fully saturated rings. The molecule has 1 rings (SSSR count). The average molecular weight is 132 g/mol. The number of hydrogen-bond acceptors (Lipinski definition) is 3. The molecule has 0 radical (unpaired) electrons. The maximum absolute atomic E-state index is 8.48. The van der Waals surface area contributed by atoms with Crippen LogP contribution in [0.1, 0.15) is 13.3 Å². The Bertz CT molecular complexity index is 82.4. The summed E-state index contributed by atoms with van der Waals surface area (Å²) < 4.78 is 10.3. The fourth-order valence-corrected chi connectivity index (χ4v) is 0.888. The third-order valence-electron chi connectivity index (χ3n) is 1.35. The molecular weight excluding hydrogens is 120 g/mol. The number of rotatable bonds is 2. The van der Waals surface area contributed by atoms with E-state index in [-0.39, 0.29) is 19.0 Å². The molecule has 0 aromatic rings. The van der Waals surface area contributed by atoms with Crippen LogP contribution in [0.2, 0.25) is 0 Å². The summed E-state index contributed by atoms with van der Waals surface area (Å²) in [6, 6.07) is 0. The number of ether oxygens (including phenoxy) is 2. The van der Waals surface area contributed by atoms with Crippen molar-refractivity contribution in [3.8, 4) is 0 Å². The second-order valence-corrected chi connectivity index (χ2v) is 2.17. The van der Waals surface area contributed by atoms with E-state index in [1.807, 2.05) is 6.92 Å². The Hall–Kier alpha value is -0.120. The van der Waals surface area contributed by atoms with Crippen LogP contribution in [0, 0.1) is 0 Å². The molecule has 0 aromatic carbocycles. The van der Waals surface area contributed by atoms with Gasteiger partial charge in [-0.1, -0.05) is 0 Å². The summed E-state index contributed by atoms with van der Waals surface area (Å²) in [7, 11) is 0. The first-order valence-electron chi connectivity index (χ1n) is 3.21. The minimum atomic E-state index is -0.0819. The zero-order valence-electron chi connectivity index (χ0n) is 5.54. The van der Waals surface area contributed by atoms with Gasteiger partial charge < -0.3 is 14.6 Å². The van der Waals surface area contributed by atoms with Gasteiger partial charge in [0, 0.05) is 6.61 Å². The summed E-state index contributed by atoms with van der Waals surface area (Å²) in [5.74, 6) is 0. The first kappa shape index (κ1) is 6.99. The Morgan fingerprint density at radius 3 is 2.89 bits per heavy atom. The van der Waals surface area contributed by atoms with Crippen LogP contribution in [-0.4, -0.2) is 30.7 Å². The van der Waals surface area contributed by atoms with Crippen LogP contribution in [0.3, 0.4) is 0 Å². The van der Waals surface area contributed by atoms with Gasteiger partial charge in [0.25, 0.3) is 0 Å². The largest absolute Gasteiger partial charge is 0.396 e. The SMILES string of the molecule is CC1OCC(CCO)O1. The lowest BCUT2D eigenvalue weighted by Crippen LogP contribution is -2.11. The van der Waals surface area contributed by atoms with Crippen LogP contribution in [-0.2, 0) is 9.47 Å². The molecule has 1 aliphatic rings. The Kier molecular flexibility index (Phi) is 2.45. The van der Waals surface area contributed by atoms with Crippen molar-refractivity contribution < 1.29 is 14.6 Å². The van der Waals surface area contributed by atoms with Crippen molar-refractivity contribution in [1.82, 2.24) is 0 Å². The van der Waals surface area contributed by atoms with Gasteiger partial charge in [-0.2, -0.15) is 0 Å². The van der Waals surface area contributed by atoms with Crippen molar-refractivity contribution in [1.29, 1.82) is 0 Å². The van der Waals surface area contributed by atoms with Crippen molar-refractivity contribution in [3.63, 3.8) is 0 Å². The third-order valence-corrected chi connectivity index (χ3v) is 1.35. The van der Waals surface area contributed by atoms with Gasteiger partial charge in [-0.05, 0) is 13.3 Å². The van der Waals surface area contributed by atoms with Gasteiger partial charge in [-0.15, -0.1) is 0 Å². The van der Waals surface area contributed by atoms with Gasteiger partial charge in [0.1, 0.15) is 0 Å². The molecule has 0 spiro atoms. The van der Waals surface area contributed by atoms with Crippen LogP contribution >= 0.6 is 0 Å². The normalized spacial score (nSPS) is 35.3. The summed E-state index contributed by atoms with van der Waals surface area (Å²) in [6.45, 7) is 2.67. The second-order valence-electron chi connectivity index (χ2n) is 2.17. The zero-order valence-corrected chi connectivity index (χ0v) is 5.54. The smallest absolute Gasteiger partial charge is 0.155 e. The Labute approximate surface area is 54.6 Å². The Morgan fingerprint density at radius 2 is 2.44 bits per heavy atom. The molecule has 0 saturated carbocycles. The highest BCUT2D eigenvalue weighted by atomic mass is 16.7. The topological polar surface area (TPSA) is 38.7 Å². The van der Waals surface area contributed by atoms with E-state index >= 15 is 0 Å². The van der Waals surface area contributed by atoms with Gasteiger partial charge in [-0.25, -0.2) is 0 Å². The molecule has 0 amide bonds. The van der Waals surface area contributed by atoms with E-state index < -0.39 is 0 Å². The van der Waals surface area contributed by atoms with Gasteiger partial charge in [0.15, 0.2) is 6.29 Å². The van der Waals surface area contributed by atoms with Crippen molar-refractivity contribution in [2.75, 3.05) is 13.2 Å². The molecule has 1 saturated heterocycles. The second kappa shape index (κ2) is 3.15. The molecular formula is C6H12O3. The molecule has 54 valence electrons.